The molecule has 1 fully saturated rings. The van der Waals surface area contributed by atoms with Gasteiger partial charge in [0, 0.05) is 16.4 Å². The molecule has 16 heavy (non-hydrogen) atoms. The zero-order valence-electron chi connectivity index (χ0n) is 9.97. The maximum absolute atomic E-state index is 12.5. The number of hydrogen-bond acceptors (Lipinski definition) is 2. The molecule has 1 saturated carbocycles. The molecule has 1 aromatic rings. The summed E-state index contributed by atoms with van der Waals surface area (Å²) in [6.45, 7) is 6.48. The van der Waals surface area contributed by atoms with Gasteiger partial charge < -0.3 is 0 Å². The lowest BCUT2D eigenvalue weighted by molar-refractivity contribution is 0.0839. The third kappa shape index (κ3) is 2.12. The van der Waals surface area contributed by atoms with Gasteiger partial charge in [-0.1, -0.05) is 20.3 Å². The topological polar surface area (TPSA) is 17.1 Å². The highest BCUT2D eigenvalue weighted by molar-refractivity contribution is 9.11. The van der Waals surface area contributed by atoms with Crippen LogP contribution in [-0.4, -0.2) is 5.78 Å². The third-order valence-corrected chi connectivity index (χ3v) is 5.28. The summed E-state index contributed by atoms with van der Waals surface area (Å²) in [6, 6.07) is 1.98. The van der Waals surface area contributed by atoms with Crippen molar-refractivity contribution in [1.82, 2.24) is 0 Å². The summed E-state index contributed by atoms with van der Waals surface area (Å²) in [4.78, 5) is 13.6. The first-order valence-electron chi connectivity index (χ1n) is 5.72. The largest absolute Gasteiger partial charge is 0.294 e. The zero-order valence-corrected chi connectivity index (χ0v) is 12.4. The lowest BCUT2D eigenvalue weighted by Crippen LogP contribution is -2.25. The van der Waals surface area contributed by atoms with Gasteiger partial charge in [0.25, 0.3) is 0 Å². The van der Waals surface area contributed by atoms with Crippen molar-refractivity contribution < 1.29 is 4.79 Å². The van der Waals surface area contributed by atoms with Crippen LogP contribution in [0.2, 0.25) is 0 Å². The van der Waals surface area contributed by atoms with E-state index in [1.807, 2.05) is 13.0 Å². The Balaban J connectivity index is 2.29. The van der Waals surface area contributed by atoms with E-state index in [9.17, 15) is 4.79 Å². The molecule has 1 aliphatic carbocycles. The van der Waals surface area contributed by atoms with Crippen LogP contribution in [-0.2, 0) is 0 Å². The van der Waals surface area contributed by atoms with E-state index in [4.69, 9.17) is 0 Å². The smallest absolute Gasteiger partial charge is 0.167 e. The van der Waals surface area contributed by atoms with Gasteiger partial charge in [-0.15, -0.1) is 11.3 Å². The fourth-order valence-electron chi connectivity index (χ4n) is 2.69. The van der Waals surface area contributed by atoms with Crippen molar-refractivity contribution >= 4 is 33.0 Å². The average Bonchev–Trinajstić information content (AvgIpc) is 2.68. The van der Waals surface area contributed by atoms with Crippen LogP contribution in [0, 0.1) is 18.3 Å². The van der Waals surface area contributed by atoms with Crippen molar-refractivity contribution in [3.05, 3.63) is 20.3 Å². The van der Waals surface area contributed by atoms with Gasteiger partial charge in [-0.3, -0.25) is 4.79 Å². The Kier molecular flexibility index (Phi) is 3.28. The van der Waals surface area contributed by atoms with E-state index in [1.165, 1.54) is 12.8 Å². The number of aryl methyl sites for hydroxylation is 1. The Hall–Kier alpha value is -0.150. The number of Topliss-reactive ketones (excluding diaryl/α,β-unsaturated/α-hetero) is 1. The molecule has 0 amide bonds. The summed E-state index contributed by atoms with van der Waals surface area (Å²) in [6.07, 6.45) is 3.42. The van der Waals surface area contributed by atoms with E-state index in [1.54, 1.807) is 11.3 Å². The molecule has 88 valence electrons. The predicted octanol–water partition coefficient (Wildman–Crippen LogP) is 4.83. The quantitative estimate of drug-likeness (QED) is 0.715. The molecule has 1 aliphatic rings. The number of carbonyl (C=O) groups excluding carboxylic acids is 1. The highest BCUT2D eigenvalue weighted by atomic mass is 79.9. The molecule has 1 unspecified atom stereocenters. The maximum Gasteiger partial charge on any atom is 0.167 e. The average molecular weight is 301 g/mol. The van der Waals surface area contributed by atoms with Crippen LogP contribution in [0.5, 0.6) is 0 Å². The third-order valence-electron chi connectivity index (χ3n) is 3.73. The second kappa shape index (κ2) is 4.26. The van der Waals surface area contributed by atoms with Crippen LogP contribution in [0.1, 0.15) is 48.3 Å². The molecule has 0 radical (unpaired) electrons. The highest BCUT2D eigenvalue weighted by Gasteiger charge is 2.40. The second-order valence-corrected chi connectivity index (χ2v) is 7.95. The van der Waals surface area contributed by atoms with E-state index < -0.39 is 0 Å². The molecule has 1 aromatic heterocycles. The minimum absolute atomic E-state index is 0.179. The van der Waals surface area contributed by atoms with Crippen molar-refractivity contribution in [2.24, 2.45) is 11.3 Å². The van der Waals surface area contributed by atoms with Crippen LogP contribution < -0.4 is 0 Å². The standard InChI is InChI=1S/C13H17BrOS/c1-8-9(7-11(14)16-8)12(15)10-5-4-6-13(10,2)3/h7,10H,4-6H2,1-3H3. The van der Waals surface area contributed by atoms with Crippen LogP contribution in [0.3, 0.4) is 0 Å². The summed E-state index contributed by atoms with van der Waals surface area (Å²) in [5.41, 5.74) is 1.11. The Morgan fingerprint density at radius 1 is 1.56 bits per heavy atom. The molecule has 0 aromatic carbocycles. The maximum atomic E-state index is 12.5. The fraction of sp³-hybridized carbons (Fsp3) is 0.615. The first-order chi connectivity index (χ1) is 7.42. The molecule has 1 atom stereocenters. The fourth-order valence-corrected chi connectivity index (χ4v) is 4.39. The first kappa shape index (κ1) is 12.3. The number of thiophene rings is 1. The Labute approximate surface area is 109 Å². The van der Waals surface area contributed by atoms with Crippen molar-refractivity contribution in [2.45, 2.75) is 40.0 Å². The molecule has 2 rings (SSSR count). The van der Waals surface area contributed by atoms with E-state index >= 15 is 0 Å². The number of rotatable bonds is 2. The van der Waals surface area contributed by atoms with E-state index in [2.05, 4.69) is 29.8 Å². The lowest BCUT2D eigenvalue weighted by Gasteiger charge is -2.25. The molecule has 3 heteroatoms. The van der Waals surface area contributed by atoms with Crippen LogP contribution in [0.4, 0.5) is 0 Å². The van der Waals surface area contributed by atoms with E-state index in [0.29, 0.717) is 5.78 Å². The van der Waals surface area contributed by atoms with Crippen molar-refractivity contribution in [2.75, 3.05) is 0 Å². The Morgan fingerprint density at radius 3 is 2.69 bits per heavy atom. The predicted molar refractivity (Wildman–Crippen MR) is 72.2 cm³/mol. The molecule has 0 bridgehead atoms. The molecule has 0 saturated heterocycles. The minimum Gasteiger partial charge on any atom is -0.294 e. The van der Waals surface area contributed by atoms with Crippen LogP contribution >= 0.6 is 27.3 Å². The summed E-state index contributed by atoms with van der Waals surface area (Å²) >= 11 is 5.11. The second-order valence-electron chi connectivity index (χ2n) is 5.32. The van der Waals surface area contributed by atoms with Gasteiger partial charge in [0.15, 0.2) is 5.78 Å². The molecule has 1 nitrogen and oxygen atoms in total. The number of hydrogen-bond donors (Lipinski definition) is 0. The molecular formula is C13H17BrOS. The van der Waals surface area contributed by atoms with Crippen molar-refractivity contribution in [1.29, 1.82) is 0 Å². The first-order valence-corrected chi connectivity index (χ1v) is 7.33. The van der Waals surface area contributed by atoms with Gasteiger partial charge in [0.1, 0.15) is 0 Å². The van der Waals surface area contributed by atoms with Gasteiger partial charge in [-0.05, 0) is 47.2 Å². The highest BCUT2D eigenvalue weighted by Crippen LogP contribution is 2.45. The summed E-state index contributed by atoms with van der Waals surface area (Å²) < 4.78 is 1.06. The summed E-state index contributed by atoms with van der Waals surface area (Å²) in [5, 5.41) is 0. The van der Waals surface area contributed by atoms with Crippen molar-refractivity contribution in [3.8, 4) is 0 Å². The Bertz CT molecular complexity index is 420. The molecule has 0 aliphatic heterocycles. The monoisotopic (exact) mass is 300 g/mol. The molecule has 1 heterocycles. The van der Waals surface area contributed by atoms with Crippen molar-refractivity contribution in [3.63, 3.8) is 0 Å². The number of carbonyl (C=O) groups is 1. The zero-order chi connectivity index (χ0) is 11.9. The molecule has 0 spiro atoms. The van der Waals surface area contributed by atoms with E-state index in [-0.39, 0.29) is 11.3 Å². The van der Waals surface area contributed by atoms with Gasteiger partial charge in [0.2, 0.25) is 0 Å². The van der Waals surface area contributed by atoms with Gasteiger partial charge >= 0.3 is 0 Å². The van der Waals surface area contributed by atoms with Gasteiger partial charge in [-0.2, -0.15) is 0 Å². The Morgan fingerprint density at radius 2 is 2.25 bits per heavy atom. The van der Waals surface area contributed by atoms with Crippen LogP contribution in [0.25, 0.3) is 0 Å². The minimum atomic E-state index is 0.179. The lowest BCUT2D eigenvalue weighted by atomic mass is 9.78. The van der Waals surface area contributed by atoms with Gasteiger partial charge in [-0.25, -0.2) is 0 Å². The number of ketones is 1. The normalized spacial score (nSPS) is 23.6. The van der Waals surface area contributed by atoms with Gasteiger partial charge in [0.05, 0.1) is 3.79 Å². The molecule has 0 N–H and O–H groups in total. The van der Waals surface area contributed by atoms with E-state index in [0.717, 1.165) is 20.6 Å². The summed E-state index contributed by atoms with van der Waals surface area (Å²) in [7, 11) is 0. The SMILES string of the molecule is Cc1sc(Br)cc1C(=O)C1CCCC1(C)C. The number of halogens is 1. The summed E-state index contributed by atoms with van der Waals surface area (Å²) in [5.74, 6) is 0.564. The van der Waals surface area contributed by atoms with Crippen LogP contribution in [0.15, 0.2) is 9.85 Å². The molecular weight excluding hydrogens is 284 g/mol.